The van der Waals surface area contributed by atoms with Crippen molar-refractivity contribution >= 4 is 6.08 Å². The molecule has 0 saturated heterocycles. The predicted octanol–water partition coefficient (Wildman–Crippen LogP) is 1.53. The average Bonchev–Trinajstić information content (AvgIpc) is 2.75. The van der Waals surface area contributed by atoms with Gasteiger partial charge in [0.15, 0.2) is 11.5 Å². The monoisotopic (exact) mass is 225 g/mol. The molecule has 2 N–H and O–H groups in total. The van der Waals surface area contributed by atoms with Gasteiger partial charge in [0.1, 0.15) is 0 Å². The van der Waals surface area contributed by atoms with E-state index in [1.807, 2.05) is 0 Å². The number of ether oxygens (including phenoxy) is 3. The summed E-state index contributed by atoms with van der Waals surface area (Å²) >= 11 is 0. The molecular formula is C11H12FNO3. The predicted molar refractivity (Wildman–Crippen MR) is 57.2 cm³/mol. The van der Waals surface area contributed by atoms with E-state index in [9.17, 15) is 4.39 Å². The Morgan fingerprint density at radius 3 is 3.06 bits per heavy atom. The van der Waals surface area contributed by atoms with E-state index in [2.05, 4.69) is 0 Å². The van der Waals surface area contributed by atoms with Crippen LogP contribution in [0.15, 0.2) is 12.1 Å². The smallest absolute Gasteiger partial charge is 0.231 e. The van der Waals surface area contributed by atoms with E-state index in [0.29, 0.717) is 17.9 Å². The summed E-state index contributed by atoms with van der Waals surface area (Å²) < 4.78 is 29.0. The van der Waals surface area contributed by atoms with Crippen molar-refractivity contribution in [1.82, 2.24) is 0 Å². The Kier molecular flexibility index (Phi) is 2.96. The van der Waals surface area contributed by atoms with Crippen LogP contribution in [0.3, 0.4) is 0 Å². The highest BCUT2D eigenvalue weighted by molar-refractivity contribution is 5.64. The van der Waals surface area contributed by atoms with E-state index in [-0.39, 0.29) is 18.3 Å². The maximum Gasteiger partial charge on any atom is 0.231 e. The number of halogens is 1. The Morgan fingerprint density at radius 1 is 1.56 bits per heavy atom. The summed E-state index contributed by atoms with van der Waals surface area (Å²) in [5.74, 6) is 0.0693. The number of methoxy groups -OCH3 is 1. The van der Waals surface area contributed by atoms with Crippen LogP contribution in [0.2, 0.25) is 0 Å². The minimum Gasteiger partial charge on any atom is -0.493 e. The van der Waals surface area contributed by atoms with Crippen molar-refractivity contribution in [3.63, 3.8) is 0 Å². The molecule has 1 aromatic carbocycles. The largest absolute Gasteiger partial charge is 0.493 e. The molecule has 0 spiro atoms. The van der Waals surface area contributed by atoms with Crippen LogP contribution in [0.1, 0.15) is 5.56 Å². The Hall–Kier alpha value is -1.75. The topological polar surface area (TPSA) is 53.7 Å². The zero-order chi connectivity index (χ0) is 11.5. The normalized spacial score (nSPS) is 13.4. The van der Waals surface area contributed by atoms with Crippen LogP contribution >= 0.6 is 0 Å². The summed E-state index contributed by atoms with van der Waals surface area (Å²) in [5.41, 5.74) is 5.92. The first kappa shape index (κ1) is 10.8. The van der Waals surface area contributed by atoms with Crippen LogP contribution in [0.4, 0.5) is 4.39 Å². The molecular weight excluding hydrogens is 213 g/mol. The molecule has 2 rings (SSSR count). The summed E-state index contributed by atoms with van der Waals surface area (Å²) in [5, 5.41) is 0. The molecule has 0 amide bonds. The summed E-state index contributed by atoms with van der Waals surface area (Å²) in [6.45, 7) is 0.401. The molecule has 0 aromatic heterocycles. The van der Waals surface area contributed by atoms with Crippen molar-refractivity contribution in [1.29, 1.82) is 0 Å². The summed E-state index contributed by atoms with van der Waals surface area (Å²) in [7, 11) is 1.40. The Balaban J connectivity index is 2.52. The number of benzene rings is 1. The van der Waals surface area contributed by atoms with E-state index < -0.39 is 5.82 Å². The first-order valence-electron chi connectivity index (χ1n) is 4.80. The average molecular weight is 225 g/mol. The number of hydrogen-bond donors (Lipinski definition) is 1. The third kappa shape index (κ3) is 1.69. The van der Waals surface area contributed by atoms with Crippen LogP contribution < -0.4 is 19.9 Å². The molecule has 0 saturated carbocycles. The molecule has 5 heteroatoms. The fraction of sp³-hybridized carbons (Fsp3) is 0.273. The summed E-state index contributed by atoms with van der Waals surface area (Å²) in [6.07, 6.45) is 3.39. The van der Waals surface area contributed by atoms with Gasteiger partial charge in [-0.05, 0) is 6.07 Å². The maximum atomic E-state index is 13.9. The quantitative estimate of drug-likeness (QED) is 0.847. The molecule has 1 aliphatic heterocycles. The lowest BCUT2D eigenvalue weighted by Crippen LogP contribution is -1.96. The van der Waals surface area contributed by atoms with Crippen molar-refractivity contribution in [2.45, 2.75) is 0 Å². The summed E-state index contributed by atoms with van der Waals surface area (Å²) in [4.78, 5) is 0. The number of rotatable bonds is 3. The molecule has 1 aliphatic rings. The van der Waals surface area contributed by atoms with Gasteiger partial charge in [-0.2, -0.15) is 4.39 Å². The van der Waals surface area contributed by atoms with E-state index in [4.69, 9.17) is 19.9 Å². The first-order chi connectivity index (χ1) is 7.77. The van der Waals surface area contributed by atoms with Crippen LogP contribution in [-0.2, 0) is 0 Å². The third-order valence-corrected chi connectivity index (χ3v) is 2.23. The van der Waals surface area contributed by atoms with Gasteiger partial charge in [0, 0.05) is 12.1 Å². The lowest BCUT2D eigenvalue weighted by atomic mass is 10.1. The van der Waals surface area contributed by atoms with Crippen molar-refractivity contribution in [2.24, 2.45) is 5.73 Å². The second kappa shape index (κ2) is 4.40. The van der Waals surface area contributed by atoms with Gasteiger partial charge in [-0.1, -0.05) is 12.2 Å². The number of hydrogen-bond acceptors (Lipinski definition) is 4. The highest BCUT2D eigenvalue weighted by atomic mass is 19.1. The third-order valence-electron chi connectivity index (χ3n) is 2.23. The Morgan fingerprint density at radius 2 is 2.38 bits per heavy atom. The number of fused-ring (bicyclic) bond motifs is 1. The zero-order valence-corrected chi connectivity index (χ0v) is 8.83. The standard InChI is InChI=1S/C11H12FNO3/c1-14-10-7(3-2-4-13)5-8-11(9(10)12)16-6-15-8/h2-3,5H,4,6,13H2,1H3/b3-2+. The molecule has 0 unspecified atom stereocenters. The van der Waals surface area contributed by atoms with Gasteiger partial charge >= 0.3 is 0 Å². The SMILES string of the molecule is COc1c(/C=C/CN)cc2c(c1F)OCO2. The molecule has 4 nitrogen and oxygen atoms in total. The molecule has 16 heavy (non-hydrogen) atoms. The molecule has 1 heterocycles. The summed E-state index contributed by atoms with van der Waals surface area (Å²) in [6, 6.07) is 1.66. The second-order valence-corrected chi connectivity index (χ2v) is 3.18. The minimum absolute atomic E-state index is 0.0272. The van der Waals surface area contributed by atoms with Gasteiger partial charge in [0.05, 0.1) is 7.11 Å². The van der Waals surface area contributed by atoms with E-state index >= 15 is 0 Å². The van der Waals surface area contributed by atoms with E-state index in [1.54, 1.807) is 18.2 Å². The Bertz CT molecular complexity index is 432. The van der Waals surface area contributed by atoms with Crippen LogP contribution in [-0.4, -0.2) is 20.4 Å². The molecule has 0 bridgehead atoms. The fourth-order valence-corrected chi connectivity index (χ4v) is 1.53. The van der Waals surface area contributed by atoms with Gasteiger partial charge in [-0.15, -0.1) is 0 Å². The lowest BCUT2D eigenvalue weighted by Gasteiger charge is -2.08. The number of nitrogens with two attached hydrogens (primary N) is 1. The molecule has 86 valence electrons. The highest BCUT2D eigenvalue weighted by Crippen LogP contribution is 2.42. The van der Waals surface area contributed by atoms with Crippen LogP contribution in [0.5, 0.6) is 17.2 Å². The van der Waals surface area contributed by atoms with Gasteiger partial charge in [-0.3, -0.25) is 0 Å². The zero-order valence-electron chi connectivity index (χ0n) is 8.83. The van der Waals surface area contributed by atoms with E-state index in [1.165, 1.54) is 7.11 Å². The van der Waals surface area contributed by atoms with Gasteiger partial charge in [0.2, 0.25) is 18.4 Å². The van der Waals surface area contributed by atoms with E-state index in [0.717, 1.165) is 0 Å². The van der Waals surface area contributed by atoms with Crippen LogP contribution in [0.25, 0.3) is 6.08 Å². The minimum atomic E-state index is -0.547. The molecule has 0 atom stereocenters. The molecule has 1 aromatic rings. The molecule has 0 radical (unpaired) electrons. The maximum absolute atomic E-state index is 13.9. The second-order valence-electron chi connectivity index (χ2n) is 3.18. The first-order valence-corrected chi connectivity index (χ1v) is 4.80. The van der Waals surface area contributed by atoms with Crippen molar-refractivity contribution in [2.75, 3.05) is 20.4 Å². The van der Waals surface area contributed by atoms with Gasteiger partial charge < -0.3 is 19.9 Å². The lowest BCUT2D eigenvalue weighted by molar-refractivity contribution is 0.170. The highest BCUT2D eigenvalue weighted by Gasteiger charge is 2.24. The van der Waals surface area contributed by atoms with Crippen molar-refractivity contribution in [3.05, 3.63) is 23.5 Å². The Labute approximate surface area is 92.4 Å². The van der Waals surface area contributed by atoms with Gasteiger partial charge in [-0.25, -0.2) is 0 Å². The fourth-order valence-electron chi connectivity index (χ4n) is 1.53. The van der Waals surface area contributed by atoms with Crippen molar-refractivity contribution in [3.8, 4) is 17.2 Å². The molecule has 0 aliphatic carbocycles. The van der Waals surface area contributed by atoms with Gasteiger partial charge in [0.25, 0.3) is 0 Å². The van der Waals surface area contributed by atoms with Crippen LogP contribution in [0, 0.1) is 5.82 Å². The molecule has 0 fully saturated rings. The van der Waals surface area contributed by atoms with Crippen molar-refractivity contribution < 1.29 is 18.6 Å².